The Balaban J connectivity index is 1.87. The normalized spacial score (nSPS) is 20.4. The van der Waals surface area contributed by atoms with E-state index in [4.69, 9.17) is 23.2 Å². The molecule has 1 heterocycles. The highest BCUT2D eigenvalue weighted by Crippen LogP contribution is 2.25. The van der Waals surface area contributed by atoms with Crippen LogP contribution in [0.25, 0.3) is 0 Å². The maximum atomic E-state index is 11.9. The van der Waals surface area contributed by atoms with Crippen LogP contribution in [0.3, 0.4) is 0 Å². The first-order chi connectivity index (χ1) is 9.58. The summed E-state index contributed by atoms with van der Waals surface area (Å²) in [5.74, 6) is -0.0752. The fourth-order valence-electron chi connectivity index (χ4n) is 2.28. The predicted molar refractivity (Wildman–Crippen MR) is 80.1 cm³/mol. The molecule has 1 fully saturated rings. The predicted octanol–water partition coefficient (Wildman–Crippen LogP) is 2.29. The molecule has 0 bridgehead atoms. The minimum Gasteiger partial charge on any atom is -0.387 e. The molecule has 110 valence electrons. The number of nitrogens with one attached hydrogen (secondary N) is 2. The number of amides is 1. The number of hydrogen-bond donors (Lipinski definition) is 3. The molecule has 1 aromatic carbocycles. The standard InChI is InChI=1S/C14H18Cl2N2O2/c15-9-4-5-10(11(16)7-9)13(19)8-18-14(20)12-3-1-2-6-17-12/h4-5,7,12-13,17,19H,1-3,6,8H2,(H,18,20). The van der Waals surface area contributed by atoms with E-state index in [0.29, 0.717) is 15.6 Å². The smallest absolute Gasteiger partial charge is 0.237 e. The molecule has 2 atom stereocenters. The Morgan fingerprint density at radius 3 is 2.90 bits per heavy atom. The van der Waals surface area contributed by atoms with E-state index in [0.717, 1.165) is 25.8 Å². The molecule has 0 radical (unpaired) electrons. The van der Waals surface area contributed by atoms with Crippen LogP contribution >= 0.6 is 23.2 Å². The van der Waals surface area contributed by atoms with Crippen LogP contribution in [0.15, 0.2) is 18.2 Å². The monoisotopic (exact) mass is 316 g/mol. The zero-order valence-electron chi connectivity index (χ0n) is 11.0. The van der Waals surface area contributed by atoms with Crippen LogP contribution in [0.5, 0.6) is 0 Å². The number of aliphatic hydroxyl groups excluding tert-OH is 1. The molecule has 20 heavy (non-hydrogen) atoms. The highest BCUT2D eigenvalue weighted by molar-refractivity contribution is 6.35. The van der Waals surface area contributed by atoms with Crippen LogP contribution in [0, 0.1) is 0 Å². The van der Waals surface area contributed by atoms with Gasteiger partial charge in [-0.05, 0) is 31.5 Å². The first kappa shape index (κ1) is 15.6. The lowest BCUT2D eigenvalue weighted by atomic mass is 10.0. The minimum atomic E-state index is -0.840. The summed E-state index contributed by atoms with van der Waals surface area (Å²) in [6.07, 6.45) is 2.15. The van der Waals surface area contributed by atoms with E-state index in [1.165, 1.54) is 0 Å². The van der Waals surface area contributed by atoms with Crippen LogP contribution in [0.4, 0.5) is 0 Å². The summed E-state index contributed by atoms with van der Waals surface area (Å²) in [6, 6.07) is 4.75. The summed E-state index contributed by atoms with van der Waals surface area (Å²) in [6.45, 7) is 1.00. The second-order valence-electron chi connectivity index (χ2n) is 4.93. The summed E-state index contributed by atoms with van der Waals surface area (Å²) in [5, 5.41) is 16.9. The third kappa shape index (κ3) is 4.09. The van der Waals surface area contributed by atoms with Gasteiger partial charge in [0.2, 0.25) is 5.91 Å². The lowest BCUT2D eigenvalue weighted by Gasteiger charge is -2.23. The Morgan fingerprint density at radius 1 is 1.45 bits per heavy atom. The number of halogens is 2. The van der Waals surface area contributed by atoms with E-state index in [-0.39, 0.29) is 18.5 Å². The van der Waals surface area contributed by atoms with Gasteiger partial charge in [-0.15, -0.1) is 0 Å². The average molecular weight is 317 g/mol. The van der Waals surface area contributed by atoms with Crippen molar-refractivity contribution in [1.29, 1.82) is 0 Å². The largest absolute Gasteiger partial charge is 0.387 e. The van der Waals surface area contributed by atoms with Crippen molar-refractivity contribution in [2.75, 3.05) is 13.1 Å². The number of carbonyl (C=O) groups excluding carboxylic acids is 1. The fourth-order valence-corrected chi connectivity index (χ4v) is 2.81. The van der Waals surface area contributed by atoms with Gasteiger partial charge in [0.1, 0.15) is 0 Å². The SMILES string of the molecule is O=C(NCC(O)c1ccc(Cl)cc1Cl)C1CCCCN1. The molecule has 0 spiro atoms. The molecule has 0 aliphatic carbocycles. The molecule has 3 N–H and O–H groups in total. The van der Waals surface area contributed by atoms with Crippen molar-refractivity contribution in [3.8, 4) is 0 Å². The van der Waals surface area contributed by atoms with Crippen molar-refractivity contribution < 1.29 is 9.90 Å². The van der Waals surface area contributed by atoms with Crippen molar-refractivity contribution in [3.05, 3.63) is 33.8 Å². The van der Waals surface area contributed by atoms with E-state index < -0.39 is 6.10 Å². The van der Waals surface area contributed by atoms with Gasteiger partial charge in [0.25, 0.3) is 0 Å². The van der Waals surface area contributed by atoms with Gasteiger partial charge in [-0.3, -0.25) is 4.79 Å². The van der Waals surface area contributed by atoms with Crippen molar-refractivity contribution in [2.45, 2.75) is 31.4 Å². The molecule has 4 nitrogen and oxygen atoms in total. The Bertz CT molecular complexity index is 476. The lowest BCUT2D eigenvalue weighted by Crippen LogP contribution is -2.47. The topological polar surface area (TPSA) is 61.4 Å². The summed E-state index contributed by atoms with van der Waals surface area (Å²) >= 11 is 11.8. The van der Waals surface area contributed by atoms with Crippen LogP contribution in [-0.2, 0) is 4.79 Å². The highest BCUT2D eigenvalue weighted by Gasteiger charge is 2.21. The summed E-state index contributed by atoms with van der Waals surface area (Å²) in [5.41, 5.74) is 0.563. The van der Waals surface area contributed by atoms with Crippen LogP contribution in [-0.4, -0.2) is 30.1 Å². The van der Waals surface area contributed by atoms with Gasteiger partial charge in [0.05, 0.1) is 12.1 Å². The van der Waals surface area contributed by atoms with Crippen LogP contribution < -0.4 is 10.6 Å². The lowest BCUT2D eigenvalue weighted by molar-refractivity contribution is -0.124. The van der Waals surface area contributed by atoms with Crippen LogP contribution in [0.2, 0.25) is 10.0 Å². The summed E-state index contributed by atoms with van der Waals surface area (Å²) in [7, 11) is 0. The first-order valence-electron chi connectivity index (χ1n) is 6.72. The molecule has 1 aliphatic rings. The molecule has 0 aromatic heterocycles. The molecule has 1 aliphatic heterocycles. The first-order valence-corrected chi connectivity index (χ1v) is 7.47. The molecular weight excluding hydrogens is 299 g/mol. The second kappa shape index (κ2) is 7.27. The minimum absolute atomic E-state index is 0.0752. The third-order valence-electron chi connectivity index (χ3n) is 3.42. The Kier molecular flexibility index (Phi) is 5.66. The van der Waals surface area contributed by atoms with Gasteiger partial charge < -0.3 is 15.7 Å². The molecule has 1 aromatic rings. The molecule has 1 saturated heterocycles. The number of carbonyl (C=O) groups is 1. The van der Waals surface area contributed by atoms with E-state index in [1.807, 2.05) is 0 Å². The zero-order chi connectivity index (χ0) is 14.5. The van der Waals surface area contributed by atoms with Crippen molar-refractivity contribution in [3.63, 3.8) is 0 Å². The second-order valence-corrected chi connectivity index (χ2v) is 5.77. The number of aliphatic hydroxyl groups is 1. The van der Waals surface area contributed by atoms with E-state index in [1.54, 1.807) is 18.2 Å². The molecule has 0 saturated carbocycles. The number of rotatable bonds is 4. The Labute approximate surface area is 128 Å². The maximum Gasteiger partial charge on any atom is 0.237 e. The van der Waals surface area contributed by atoms with Crippen LogP contribution in [0.1, 0.15) is 30.9 Å². The van der Waals surface area contributed by atoms with Gasteiger partial charge in [0, 0.05) is 22.2 Å². The van der Waals surface area contributed by atoms with Gasteiger partial charge >= 0.3 is 0 Å². The molecule has 6 heteroatoms. The van der Waals surface area contributed by atoms with E-state index in [9.17, 15) is 9.90 Å². The average Bonchev–Trinajstić information content (AvgIpc) is 2.45. The van der Waals surface area contributed by atoms with Gasteiger partial charge in [-0.1, -0.05) is 35.7 Å². The number of benzene rings is 1. The van der Waals surface area contributed by atoms with Gasteiger partial charge in [-0.25, -0.2) is 0 Å². The van der Waals surface area contributed by atoms with Gasteiger partial charge in [0.15, 0.2) is 0 Å². The Morgan fingerprint density at radius 2 is 2.25 bits per heavy atom. The van der Waals surface area contributed by atoms with Crippen molar-refractivity contribution >= 4 is 29.1 Å². The fraction of sp³-hybridized carbons (Fsp3) is 0.500. The quantitative estimate of drug-likeness (QED) is 0.798. The van der Waals surface area contributed by atoms with E-state index in [2.05, 4.69) is 10.6 Å². The molecular formula is C14H18Cl2N2O2. The Hall–Kier alpha value is -0.810. The summed E-state index contributed by atoms with van der Waals surface area (Å²) in [4.78, 5) is 11.9. The molecule has 2 rings (SSSR count). The van der Waals surface area contributed by atoms with Crippen molar-refractivity contribution in [1.82, 2.24) is 10.6 Å². The van der Waals surface area contributed by atoms with Gasteiger partial charge in [-0.2, -0.15) is 0 Å². The highest BCUT2D eigenvalue weighted by atomic mass is 35.5. The number of piperidine rings is 1. The summed E-state index contributed by atoms with van der Waals surface area (Å²) < 4.78 is 0. The maximum absolute atomic E-state index is 11.9. The van der Waals surface area contributed by atoms with E-state index >= 15 is 0 Å². The molecule has 1 amide bonds. The third-order valence-corrected chi connectivity index (χ3v) is 3.98. The number of hydrogen-bond acceptors (Lipinski definition) is 3. The molecule has 2 unspecified atom stereocenters. The zero-order valence-corrected chi connectivity index (χ0v) is 12.5. The van der Waals surface area contributed by atoms with Crippen molar-refractivity contribution in [2.24, 2.45) is 0 Å².